The summed E-state index contributed by atoms with van der Waals surface area (Å²) < 4.78 is 0. The first-order valence-corrected chi connectivity index (χ1v) is 6.05. The summed E-state index contributed by atoms with van der Waals surface area (Å²) in [5, 5.41) is 0. The fourth-order valence-electron chi connectivity index (χ4n) is 1.62. The van der Waals surface area contributed by atoms with Crippen LogP contribution in [-0.4, -0.2) is 25.5 Å². The van der Waals surface area contributed by atoms with Gasteiger partial charge in [-0.1, -0.05) is 11.1 Å². The zero-order chi connectivity index (χ0) is 13.6. The van der Waals surface area contributed by atoms with E-state index < -0.39 is 0 Å². The Labute approximate surface area is 106 Å². The molecule has 0 N–H and O–H groups in total. The molecule has 0 fully saturated rings. The average molecular weight is 234 g/mol. The number of rotatable bonds is 4. The van der Waals surface area contributed by atoms with Crippen LogP contribution in [0.2, 0.25) is 0 Å². The van der Waals surface area contributed by atoms with Crippen LogP contribution in [0.15, 0.2) is 32.3 Å². The maximum Gasteiger partial charge on any atom is 0.0342 e. The molecule has 0 amide bonds. The lowest BCUT2D eigenvalue weighted by Crippen LogP contribution is -2.01. The molecule has 0 saturated carbocycles. The standard InChI is InChI=1S/C15H26N2/c1-10(12(3)14(5)16-7)9-11(2)13(4)15(6)17-8/h9H2,1-8H3/b12-10+,13-11+,16-14?,17-15?. The van der Waals surface area contributed by atoms with Gasteiger partial charge in [-0.15, -0.1) is 0 Å². The van der Waals surface area contributed by atoms with Crippen LogP contribution in [0.4, 0.5) is 0 Å². The Bertz CT molecular complexity index is 355. The molecule has 0 spiro atoms. The van der Waals surface area contributed by atoms with Crippen LogP contribution in [0.25, 0.3) is 0 Å². The van der Waals surface area contributed by atoms with Gasteiger partial charge in [0.25, 0.3) is 0 Å². The summed E-state index contributed by atoms with van der Waals surface area (Å²) >= 11 is 0. The van der Waals surface area contributed by atoms with E-state index in [-0.39, 0.29) is 0 Å². The second-order valence-electron chi connectivity index (χ2n) is 4.61. The SMILES string of the molecule is CN=C(C)/C(C)=C(\C)C/C(C)=C(\C)C(C)=NC. The van der Waals surface area contributed by atoms with Crippen LogP contribution in [0.3, 0.4) is 0 Å². The van der Waals surface area contributed by atoms with E-state index in [1.165, 1.54) is 22.3 Å². The molecular weight excluding hydrogens is 208 g/mol. The molecule has 0 aromatic heterocycles. The van der Waals surface area contributed by atoms with E-state index in [0.717, 1.165) is 17.8 Å². The van der Waals surface area contributed by atoms with Crippen molar-refractivity contribution in [2.24, 2.45) is 9.98 Å². The minimum atomic E-state index is 0.997. The van der Waals surface area contributed by atoms with Crippen molar-refractivity contribution in [2.75, 3.05) is 14.1 Å². The monoisotopic (exact) mass is 234 g/mol. The third kappa shape index (κ3) is 4.68. The molecule has 2 nitrogen and oxygen atoms in total. The van der Waals surface area contributed by atoms with Gasteiger partial charge in [0, 0.05) is 25.5 Å². The number of nitrogens with zero attached hydrogens (tertiary/aromatic N) is 2. The quantitative estimate of drug-likeness (QED) is 0.650. The van der Waals surface area contributed by atoms with Crippen molar-refractivity contribution in [1.29, 1.82) is 0 Å². The zero-order valence-electron chi connectivity index (χ0n) is 12.6. The van der Waals surface area contributed by atoms with Crippen molar-refractivity contribution in [3.05, 3.63) is 22.3 Å². The molecule has 0 aromatic carbocycles. The minimum absolute atomic E-state index is 0.997. The van der Waals surface area contributed by atoms with Gasteiger partial charge in [-0.3, -0.25) is 9.98 Å². The molecule has 0 rings (SSSR count). The van der Waals surface area contributed by atoms with E-state index >= 15 is 0 Å². The lowest BCUT2D eigenvalue weighted by molar-refractivity contribution is 1.06. The summed E-state index contributed by atoms with van der Waals surface area (Å²) in [5.41, 5.74) is 7.60. The summed E-state index contributed by atoms with van der Waals surface area (Å²) in [6.07, 6.45) is 0.997. The summed E-state index contributed by atoms with van der Waals surface area (Å²) in [4.78, 5) is 8.46. The van der Waals surface area contributed by atoms with E-state index in [9.17, 15) is 0 Å². The van der Waals surface area contributed by atoms with Gasteiger partial charge in [-0.05, 0) is 59.1 Å². The van der Waals surface area contributed by atoms with Crippen molar-refractivity contribution in [1.82, 2.24) is 0 Å². The molecule has 2 heteroatoms. The van der Waals surface area contributed by atoms with E-state index in [2.05, 4.69) is 51.5 Å². The molecule has 0 heterocycles. The van der Waals surface area contributed by atoms with Crippen molar-refractivity contribution < 1.29 is 0 Å². The van der Waals surface area contributed by atoms with Crippen molar-refractivity contribution >= 4 is 11.4 Å². The highest BCUT2D eigenvalue weighted by Gasteiger charge is 2.05. The zero-order valence-corrected chi connectivity index (χ0v) is 12.6. The van der Waals surface area contributed by atoms with Crippen molar-refractivity contribution in [3.8, 4) is 0 Å². The highest BCUT2D eigenvalue weighted by Crippen LogP contribution is 2.18. The average Bonchev–Trinajstić information content (AvgIpc) is 2.34. The summed E-state index contributed by atoms with van der Waals surface area (Å²) in [6.45, 7) is 12.8. The fourth-order valence-corrected chi connectivity index (χ4v) is 1.62. The third-order valence-corrected chi connectivity index (χ3v) is 3.57. The number of hydrogen-bond donors (Lipinski definition) is 0. The molecule has 0 bridgehead atoms. The van der Waals surface area contributed by atoms with Gasteiger partial charge in [0.05, 0.1) is 0 Å². The Hall–Kier alpha value is -1.18. The smallest absolute Gasteiger partial charge is 0.0342 e. The van der Waals surface area contributed by atoms with Gasteiger partial charge in [0.15, 0.2) is 0 Å². The largest absolute Gasteiger partial charge is 0.293 e. The predicted octanol–water partition coefficient (Wildman–Crippen LogP) is 4.23. The highest BCUT2D eigenvalue weighted by atomic mass is 14.7. The van der Waals surface area contributed by atoms with E-state index in [1.54, 1.807) is 0 Å². The Morgan fingerprint density at radius 3 is 1.18 bits per heavy atom. The fraction of sp³-hybridized carbons (Fsp3) is 0.600. The Morgan fingerprint density at radius 1 is 0.647 bits per heavy atom. The number of allylic oxidation sites excluding steroid dienone is 4. The molecule has 0 saturated heterocycles. The van der Waals surface area contributed by atoms with Gasteiger partial charge in [0.1, 0.15) is 0 Å². The van der Waals surface area contributed by atoms with E-state index in [4.69, 9.17) is 0 Å². The second-order valence-corrected chi connectivity index (χ2v) is 4.61. The van der Waals surface area contributed by atoms with Crippen LogP contribution >= 0.6 is 0 Å². The number of aliphatic imine (C=N–C) groups is 2. The first kappa shape index (κ1) is 15.8. The first-order valence-electron chi connectivity index (χ1n) is 6.05. The highest BCUT2D eigenvalue weighted by molar-refractivity contribution is 5.99. The Kier molecular flexibility index (Phi) is 6.71. The molecule has 0 atom stereocenters. The lowest BCUT2D eigenvalue weighted by Gasteiger charge is -2.11. The summed E-state index contributed by atoms with van der Waals surface area (Å²) in [7, 11) is 3.68. The van der Waals surface area contributed by atoms with Crippen LogP contribution in [0.1, 0.15) is 48.0 Å². The van der Waals surface area contributed by atoms with Gasteiger partial charge in [0.2, 0.25) is 0 Å². The molecule has 0 aliphatic rings. The first-order chi connectivity index (χ1) is 7.84. The Morgan fingerprint density at radius 2 is 0.941 bits per heavy atom. The Balaban J connectivity index is 5.12. The van der Waals surface area contributed by atoms with Gasteiger partial charge in [-0.2, -0.15) is 0 Å². The van der Waals surface area contributed by atoms with Crippen LogP contribution in [0.5, 0.6) is 0 Å². The maximum absolute atomic E-state index is 4.23. The lowest BCUT2D eigenvalue weighted by atomic mass is 9.96. The van der Waals surface area contributed by atoms with E-state index in [0.29, 0.717) is 0 Å². The molecule has 96 valence electrons. The van der Waals surface area contributed by atoms with Crippen LogP contribution < -0.4 is 0 Å². The molecule has 17 heavy (non-hydrogen) atoms. The molecule has 0 radical (unpaired) electrons. The van der Waals surface area contributed by atoms with Gasteiger partial charge < -0.3 is 0 Å². The molecule has 0 aromatic rings. The maximum atomic E-state index is 4.23. The van der Waals surface area contributed by atoms with Crippen LogP contribution in [-0.2, 0) is 0 Å². The van der Waals surface area contributed by atoms with Crippen LogP contribution in [0, 0.1) is 0 Å². The minimum Gasteiger partial charge on any atom is -0.293 e. The molecule has 0 aliphatic carbocycles. The normalized spacial score (nSPS) is 16.7. The van der Waals surface area contributed by atoms with E-state index in [1.807, 2.05) is 14.1 Å². The number of hydrogen-bond acceptors (Lipinski definition) is 2. The molecule has 0 aliphatic heterocycles. The third-order valence-electron chi connectivity index (χ3n) is 3.57. The van der Waals surface area contributed by atoms with Crippen molar-refractivity contribution in [2.45, 2.75) is 48.0 Å². The molecule has 0 unspecified atom stereocenters. The molecular formula is C15H26N2. The van der Waals surface area contributed by atoms with Gasteiger partial charge >= 0.3 is 0 Å². The summed E-state index contributed by atoms with van der Waals surface area (Å²) in [6, 6.07) is 0. The van der Waals surface area contributed by atoms with Crippen molar-refractivity contribution in [3.63, 3.8) is 0 Å². The summed E-state index contributed by atoms with van der Waals surface area (Å²) in [5.74, 6) is 0. The topological polar surface area (TPSA) is 24.7 Å². The predicted molar refractivity (Wildman–Crippen MR) is 79.4 cm³/mol. The second kappa shape index (κ2) is 7.21. The van der Waals surface area contributed by atoms with Gasteiger partial charge in [-0.25, -0.2) is 0 Å².